The van der Waals surface area contributed by atoms with Gasteiger partial charge in [0, 0.05) is 21.4 Å². The lowest BCUT2D eigenvalue weighted by Gasteiger charge is -2.14. The first-order valence-electron chi connectivity index (χ1n) is 9.89. The second-order valence-electron chi connectivity index (χ2n) is 6.83. The van der Waals surface area contributed by atoms with Crippen LogP contribution in [0.3, 0.4) is 0 Å². The highest BCUT2D eigenvalue weighted by Gasteiger charge is 2.15. The molecule has 164 valence electrons. The summed E-state index contributed by atoms with van der Waals surface area (Å²) in [6.45, 7) is 4.17. The highest BCUT2D eigenvalue weighted by atomic mass is 79.9. The Balaban J connectivity index is 1.64. The normalized spacial score (nSPS) is 10.2. The van der Waals surface area contributed by atoms with Crippen molar-refractivity contribution in [2.75, 3.05) is 17.2 Å². The van der Waals surface area contributed by atoms with Gasteiger partial charge in [-0.05, 0) is 80.2 Å². The lowest BCUT2D eigenvalue weighted by atomic mass is 10.1. The van der Waals surface area contributed by atoms with E-state index in [-0.39, 0.29) is 16.9 Å². The lowest BCUT2D eigenvalue weighted by molar-refractivity contribution is 0.0972. The molecule has 0 fully saturated rings. The van der Waals surface area contributed by atoms with Crippen molar-refractivity contribution in [1.82, 2.24) is 5.32 Å². The number of hydrogen-bond donors (Lipinski definition) is 3. The number of halogens is 1. The number of benzene rings is 3. The molecule has 0 aliphatic rings. The van der Waals surface area contributed by atoms with E-state index in [4.69, 9.17) is 17.0 Å². The molecular weight excluding hydrogens is 490 g/mol. The molecule has 3 aromatic rings. The average molecular weight is 512 g/mol. The van der Waals surface area contributed by atoms with Crippen LogP contribution in [0.2, 0.25) is 0 Å². The fraction of sp³-hybridized carbons (Fsp3) is 0.125. The monoisotopic (exact) mass is 511 g/mol. The van der Waals surface area contributed by atoms with Crippen LogP contribution in [-0.4, -0.2) is 23.5 Å². The second kappa shape index (κ2) is 10.9. The zero-order valence-electron chi connectivity index (χ0n) is 17.6. The third-order valence-electron chi connectivity index (χ3n) is 4.48. The van der Waals surface area contributed by atoms with Crippen LogP contribution in [0.5, 0.6) is 5.75 Å². The van der Waals surface area contributed by atoms with Crippen molar-refractivity contribution >= 4 is 56.4 Å². The molecule has 0 spiro atoms. The van der Waals surface area contributed by atoms with Crippen LogP contribution in [-0.2, 0) is 0 Å². The Morgan fingerprint density at radius 2 is 1.72 bits per heavy atom. The highest BCUT2D eigenvalue weighted by Crippen LogP contribution is 2.24. The molecule has 3 aromatic carbocycles. The Kier molecular flexibility index (Phi) is 7.97. The zero-order chi connectivity index (χ0) is 23.1. The second-order valence-corrected chi connectivity index (χ2v) is 8.16. The third kappa shape index (κ3) is 6.15. The maximum atomic E-state index is 12.7. The van der Waals surface area contributed by atoms with Crippen molar-refractivity contribution in [2.24, 2.45) is 0 Å². The molecule has 0 saturated heterocycles. The molecule has 2 amide bonds. The van der Waals surface area contributed by atoms with Crippen LogP contribution in [0.4, 0.5) is 11.4 Å². The summed E-state index contributed by atoms with van der Waals surface area (Å²) in [7, 11) is 0. The van der Waals surface area contributed by atoms with Gasteiger partial charge in [-0.25, -0.2) is 0 Å². The fourth-order valence-corrected chi connectivity index (χ4v) is 3.53. The summed E-state index contributed by atoms with van der Waals surface area (Å²) in [4.78, 5) is 25.1. The Morgan fingerprint density at radius 1 is 0.969 bits per heavy atom. The summed E-state index contributed by atoms with van der Waals surface area (Å²) in [6, 6.07) is 19.6. The minimum absolute atomic E-state index is 0.151. The van der Waals surface area contributed by atoms with Gasteiger partial charge in [-0.2, -0.15) is 0 Å². The van der Waals surface area contributed by atoms with Crippen LogP contribution in [0.1, 0.15) is 33.2 Å². The molecular formula is C24H22BrN3O3S. The van der Waals surface area contributed by atoms with Gasteiger partial charge in [-0.1, -0.05) is 34.1 Å². The van der Waals surface area contributed by atoms with Crippen LogP contribution in [0.15, 0.2) is 71.2 Å². The number of hydrogen-bond acceptors (Lipinski definition) is 4. The summed E-state index contributed by atoms with van der Waals surface area (Å²) in [5, 5.41) is 8.71. The van der Waals surface area contributed by atoms with Crippen LogP contribution >= 0.6 is 28.1 Å². The fourth-order valence-electron chi connectivity index (χ4n) is 2.96. The molecule has 0 heterocycles. The Labute approximate surface area is 200 Å². The van der Waals surface area contributed by atoms with Crippen LogP contribution in [0.25, 0.3) is 0 Å². The van der Waals surface area contributed by atoms with Crippen LogP contribution in [0, 0.1) is 6.92 Å². The maximum absolute atomic E-state index is 12.7. The molecule has 0 aliphatic carbocycles. The number of carbonyl (C=O) groups is 2. The molecule has 0 radical (unpaired) electrons. The Hall–Kier alpha value is -3.23. The van der Waals surface area contributed by atoms with Crippen molar-refractivity contribution in [3.63, 3.8) is 0 Å². The number of nitrogens with one attached hydrogen (secondary N) is 3. The zero-order valence-corrected chi connectivity index (χ0v) is 20.0. The first kappa shape index (κ1) is 23.4. The van der Waals surface area contributed by atoms with Gasteiger partial charge < -0.3 is 15.4 Å². The minimum Gasteiger partial charge on any atom is -0.493 e. The molecule has 3 rings (SSSR count). The van der Waals surface area contributed by atoms with Gasteiger partial charge in [0.05, 0.1) is 12.2 Å². The molecule has 8 heteroatoms. The van der Waals surface area contributed by atoms with Crippen molar-refractivity contribution < 1.29 is 14.3 Å². The molecule has 0 aliphatic heterocycles. The van der Waals surface area contributed by atoms with E-state index in [2.05, 4.69) is 31.9 Å². The van der Waals surface area contributed by atoms with Crippen molar-refractivity contribution in [1.29, 1.82) is 0 Å². The number of aryl methyl sites for hydroxylation is 1. The van der Waals surface area contributed by atoms with Gasteiger partial charge >= 0.3 is 0 Å². The lowest BCUT2D eigenvalue weighted by Crippen LogP contribution is -2.34. The Bertz CT molecular complexity index is 1150. The third-order valence-corrected chi connectivity index (χ3v) is 5.18. The number of ether oxygens (including phenoxy) is 1. The molecule has 3 N–H and O–H groups in total. The van der Waals surface area contributed by atoms with Gasteiger partial charge in [0.1, 0.15) is 5.75 Å². The highest BCUT2D eigenvalue weighted by molar-refractivity contribution is 9.10. The molecule has 0 atom stereocenters. The predicted octanol–water partition coefficient (Wildman–Crippen LogP) is 5.54. The largest absolute Gasteiger partial charge is 0.493 e. The van der Waals surface area contributed by atoms with Crippen molar-refractivity contribution in [3.8, 4) is 5.75 Å². The van der Waals surface area contributed by atoms with E-state index in [0.29, 0.717) is 34.9 Å². The van der Waals surface area contributed by atoms with E-state index < -0.39 is 0 Å². The molecule has 0 aromatic heterocycles. The van der Waals surface area contributed by atoms with Gasteiger partial charge in [-0.3, -0.25) is 14.9 Å². The smallest absolute Gasteiger partial charge is 0.261 e. The van der Waals surface area contributed by atoms with Crippen molar-refractivity contribution in [3.05, 3.63) is 87.9 Å². The van der Waals surface area contributed by atoms with E-state index >= 15 is 0 Å². The van der Waals surface area contributed by atoms with Gasteiger partial charge in [0.15, 0.2) is 5.11 Å². The predicted molar refractivity (Wildman–Crippen MR) is 135 cm³/mol. The first-order valence-corrected chi connectivity index (χ1v) is 11.1. The summed E-state index contributed by atoms with van der Waals surface area (Å²) >= 11 is 8.67. The SMILES string of the molecule is CCOc1ccc(Br)cc1C(=O)NC(=S)Nc1ccc(NC(=O)c2ccccc2)c(C)c1. The molecule has 32 heavy (non-hydrogen) atoms. The standard InChI is InChI=1S/C24H22BrN3O3S/c1-3-31-21-12-9-17(25)14-19(21)23(30)28-24(32)26-18-10-11-20(15(2)13-18)27-22(29)16-7-5-4-6-8-16/h4-14H,3H2,1-2H3,(H,27,29)(H2,26,28,30,32). The summed E-state index contributed by atoms with van der Waals surface area (Å²) in [5.41, 5.74) is 3.18. The van der Waals surface area contributed by atoms with E-state index in [1.54, 1.807) is 42.5 Å². The van der Waals surface area contributed by atoms with E-state index in [1.807, 2.05) is 38.1 Å². The average Bonchev–Trinajstić information content (AvgIpc) is 2.77. The quantitative estimate of drug-likeness (QED) is 0.379. The number of amides is 2. The summed E-state index contributed by atoms with van der Waals surface area (Å²) < 4.78 is 6.28. The van der Waals surface area contributed by atoms with Crippen molar-refractivity contribution in [2.45, 2.75) is 13.8 Å². The van der Waals surface area contributed by atoms with Gasteiger partial charge in [0.2, 0.25) is 0 Å². The number of rotatable bonds is 6. The van der Waals surface area contributed by atoms with E-state index in [9.17, 15) is 9.59 Å². The van der Waals surface area contributed by atoms with Crippen LogP contribution < -0.4 is 20.7 Å². The number of thiocarbonyl (C=S) groups is 1. The number of carbonyl (C=O) groups excluding carboxylic acids is 2. The minimum atomic E-state index is -0.379. The van der Waals surface area contributed by atoms with Gasteiger partial charge in [-0.15, -0.1) is 0 Å². The van der Waals surface area contributed by atoms with E-state index in [1.165, 1.54) is 0 Å². The molecule has 0 saturated carbocycles. The molecule has 0 unspecified atom stereocenters. The topological polar surface area (TPSA) is 79.5 Å². The Morgan fingerprint density at radius 3 is 2.41 bits per heavy atom. The maximum Gasteiger partial charge on any atom is 0.261 e. The molecule has 0 bridgehead atoms. The van der Waals surface area contributed by atoms with E-state index in [0.717, 1.165) is 10.0 Å². The summed E-state index contributed by atoms with van der Waals surface area (Å²) in [6.07, 6.45) is 0. The first-order chi connectivity index (χ1) is 15.4. The van der Waals surface area contributed by atoms with Gasteiger partial charge in [0.25, 0.3) is 11.8 Å². The number of anilines is 2. The summed E-state index contributed by atoms with van der Waals surface area (Å²) in [5.74, 6) is -0.0858. The molecule has 6 nitrogen and oxygen atoms in total.